The molecule has 0 bridgehead atoms. The molecule has 0 aliphatic rings. The Morgan fingerprint density at radius 2 is 1.64 bits per heavy atom. The van der Waals surface area contributed by atoms with Crippen molar-refractivity contribution in [1.29, 1.82) is 0 Å². The van der Waals surface area contributed by atoms with E-state index in [-0.39, 0.29) is 15.7 Å². The number of aryl methyl sites for hydroxylation is 1. The van der Waals surface area contributed by atoms with Crippen LogP contribution >= 0.6 is 23.2 Å². The van der Waals surface area contributed by atoms with Crippen molar-refractivity contribution in [2.24, 2.45) is 7.05 Å². The summed E-state index contributed by atoms with van der Waals surface area (Å²) in [5.74, 6) is 0.156. The minimum atomic E-state index is -0.228. The van der Waals surface area contributed by atoms with Crippen LogP contribution in [-0.4, -0.2) is 4.57 Å². The lowest BCUT2D eigenvalue weighted by Crippen LogP contribution is -2.11. The maximum Gasteiger partial charge on any atom is 0.231 e. The van der Waals surface area contributed by atoms with Gasteiger partial charge in [0.1, 0.15) is 10.8 Å². The normalized spacial score (nSPS) is 10.4. The number of benzene rings is 2. The molecule has 3 rings (SSSR count). The second-order valence-corrected chi connectivity index (χ2v) is 6.51. The molecule has 0 amide bonds. The van der Waals surface area contributed by atoms with Crippen molar-refractivity contribution in [3.05, 3.63) is 88.0 Å². The van der Waals surface area contributed by atoms with E-state index >= 15 is 0 Å². The molecule has 0 aliphatic heterocycles. The summed E-state index contributed by atoms with van der Waals surface area (Å²) in [6, 6.07) is 17.8. The molecule has 2 aromatic carbocycles. The highest BCUT2D eigenvalue weighted by Gasteiger charge is 2.11. The van der Waals surface area contributed by atoms with Gasteiger partial charge in [0.25, 0.3) is 0 Å². The van der Waals surface area contributed by atoms with E-state index in [0.29, 0.717) is 5.56 Å². The molecule has 5 heteroatoms. The Labute approximate surface area is 155 Å². The van der Waals surface area contributed by atoms with Crippen molar-refractivity contribution in [2.45, 2.75) is 0 Å². The van der Waals surface area contributed by atoms with E-state index in [9.17, 15) is 4.79 Å². The standard InChI is InChI=1S/C20H15Cl2NO2/c1-23-11-17(20(24)18(12-23)25-13-19(21)22)16-9-5-8-15(10-16)14-6-3-2-4-7-14/h2-13H,1H3. The molecule has 3 nitrogen and oxygen atoms in total. The van der Waals surface area contributed by atoms with Gasteiger partial charge < -0.3 is 9.30 Å². The van der Waals surface area contributed by atoms with Crippen LogP contribution < -0.4 is 10.2 Å². The fraction of sp³-hybridized carbons (Fsp3) is 0.0500. The Morgan fingerprint density at radius 1 is 0.960 bits per heavy atom. The van der Waals surface area contributed by atoms with E-state index in [2.05, 4.69) is 0 Å². The maximum absolute atomic E-state index is 12.7. The van der Waals surface area contributed by atoms with Crippen LogP contribution in [-0.2, 0) is 7.05 Å². The average molecular weight is 372 g/mol. The zero-order chi connectivity index (χ0) is 17.8. The molecule has 126 valence electrons. The second-order valence-electron chi connectivity index (χ2n) is 5.50. The highest BCUT2D eigenvalue weighted by molar-refractivity contribution is 6.55. The lowest BCUT2D eigenvalue weighted by atomic mass is 10.00. The third kappa shape index (κ3) is 4.13. The van der Waals surface area contributed by atoms with E-state index < -0.39 is 0 Å². The molecule has 25 heavy (non-hydrogen) atoms. The zero-order valence-corrected chi connectivity index (χ0v) is 15.0. The molecule has 0 saturated carbocycles. The largest absolute Gasteiger partial charge is 0.457 e. The summed E-state index contributed by atoms with van der Waals surface area (Å²) in [6.07, 6.45) is 4.48. The fourth-order valence-corrected chi connectivity index (χ4v) is 2.66. The molecule has 0 saturated heterocycles. The van der Waals surface area contributed by atoms with Gasteiger partial charge in [0.15, 0.2) is 5.75 Å². The van der Waals surface area contributed by atoms with Crippen molar-refractivity contribution < 1.29 is 4.74 Å². The number of hydrogen-bond donors (Lipinski definition) is 0. The Hall–Kier alpha value is -2.49. The number of halogens is 2. The summed E-state index contributed by atoms with van der Waals surface area (Å²) in [5, 5.41) is 0. The SMILES string of the molecule is Cn1cc(OC=C(Cl)Cl)c(=O)c(-c2cccc(-c3ccccc3)c2)c1. The minimum Gasteiger partial charge on any atom is -0.457 e. The Kier molecular flexibility index (Phi) is 5.27. The molecule has 0 radical (unpaired) electrons. The predicted octanol–water partition coefficient (Wildman–Crippen LogP) is 5.37. The minimum absolute atomic E-state index is 0.0569. The molecular formula is C20H15Cl2NO2. The first kappa shape index (κ1) is 17.3. The number of aromatic nitrogens is 1. The summed E-state index contributed by atoms with van der Waals surface area (Å²) in [6.45, 7) is 0. The van der Waals surface area contributed by atoms with Crippen LogP contribution in [0.3, 0.4) is 0 Å². The Morgan fingerprint density at radius 3 is 2.36 bits per heavy atom. The molecule has 0 unspecified atom stereocenters. The quantitative estimate of drug-likeness (QED) is 0.576. The van der Waals surface area contributed by atoms with Crippen molar-refractivity contribution in [2.75, 3.05) is 0 Å². The second kappa shape index (κ2) is 7.60. The van der Waals surface area contributed by atoms with Gasteiger partial charge in [-0.3, -0.25) is 4.79 Å². The highest BCUT2D eigenvalue weighted by atomic mass is 35.5. The molecule has 1 aromatic heterocycles. The van der Waals surface area contributed by atoms with Gasteiger partial charge in [-0.2, -0.15) is 0 Å². The number of hydrogen-bond acceptors (Lipinski definition) is 2. The molecule has 0 fully saturated rings. The van der Waals surface area contributed by atoms with Gasteiger partial charge in [0.2, 0.25) is 5.43 Å². The number of nitrogens with zero attached hydrogens (tertiary/aromatic N) is 1. The Balaban J connectivity index is 2.08. The first-order valence-electron chi connectivity index (χ1n) is 7.58. The number of pyridine rings is 1. The summed E-state index contributed by atoms with van der Waals surface area (Å²) in [5.41, 5.74) is 3.25. The fourth-order valence-electron chi connectivity index (χ4n) is 2.57. The lowest BCUT2D eigenvalue weighted by Gasteiger charge is -2.09. The Bertz CT molecular complexity index is 974. The zero-order valence-electron chi connectivity index (χ0n) is 13.4. The van der Waals surface area contributed by atoms with Crippen LogP contribution in [0, 0.1) is 0 Å². The first-order valence-corrected chi connectivity index (χ1v) is 8.34. The van der Waals surface area contributed by atoms with Gasteiger partial charge in [-0.1, -0.05) is 71.7 Å². The third-order valence-corrected chi connectivity index (χ3v) is 3.86. The molecular weight excluding hydrogens is 357 g/mol. The van der Waals surface area contributed by atoms with Gasteiger partial charge in [-0.05, 0) is 22.8 Å². The maximum atomic E-state index is 12.7. The van der Waals surface area contributed by atoms with E-state index in [1.54, 1.807) is 17.0 Å². The van der Waals surface area contributed by atoms with Gasteiger partial charge in [0.05, 0.1) is 6.20 Å². The van der Waals surface area contributed by atoms with Crippen LogP contribution in [0.4, 0.5) is 0 Å². The van der Waals surface area contributed by atoms with Crippen LogP contribution in [0.1, 0.15) is 0 Å². The molecule has 0 aliphatic carbocycles. The first-order chi connectivity index (χ1) is 12.0. The third-order valence-electron chi connectivity index (χ3n) is 3.68. The predicted molar refractivity (Wildman–Crippen MR) is 103 cm³/mol. The van der Waals surface area contributed by atoms with Crippen molar-refractivity contribution in [1.82, 2.24) is 4.57 Å². The summed E-state index contributed by atoms with van der Waals surface area (Å²) >= 11 is 11.1. The highest BCUT2D eigenvalue weighted by Crippen LogP contribution is 2.25. The van der Waals surface area contributed by atoms with Crippen molar-refractivity contribution >= 4 is 23.2 Å². The van der Waals surface area contributed by atoms with Crippen LogP contribution in [0.2, 0.25) is 0 Å². The number of rotatable bonds is 4. The van der Waals surface area contributed by atoms with E-state index in [1.807, 2.05) is 61.6 Å². The van der Waals surface area contributed by atoms with Crippen LogP contribution in [0.25, 0.3) is 22.3 Å². The van der Waals surface area contributed by atoms with Crippen LogP contribution in [0.15, 0.2) is 82.5 Å². The van der Waals surface area contributed by atoms with Gasteiger partial charge in [-0.15, -0.1) is 0 Å². The molecule has 0 spiro atoms. The van der Waals surface area contributed by atoms with Crippen molar-refractivity contribution in [3.8, 4) is 28.0 Å². The van der Waals surface area contributed by atoms with Gasteiger partial charge >= 0.3 is 0 Å². The van der Waals surface area contributed by atoms with E-state index in [1.165, 1.54) is 0 Å². The average Bonchev–Trinajstić information content (AvgIpc) is 2.63. The van der Waals surface area contributed by atoms with Crippen LogP contribution in [0.5, 0.6) is 5.75 Å². The topological polar surface area (TPSA) is 31.2 Å². The summed E-state index contributed by atoms with van der Waals surface area (Å²) in [7, 11) is 1.82. The summed E-state index contributed by atoms with van der Waals surface area (Å²) in [4.78, 5) is 12.7. The lowest BCUT2D eigenvalue weighted by molar-refractivity contribution is 0.471. The molecule has 0 atom stereocenters. The smallest absolute Gasteiger partial charge is 0.231 e. The monoisotopic (exact) mass is 371 g/mol. The molecule has 1 heterocycles. The molecule has 3 aromatic rings. The summed E-state index contributed by atoms with van der Waals surface area (Å²) < 4.78 is 7.00. The van der Waals surface area contributed by atoms with E-state index in [0.717, 1.165) is 23.0 Å². The van der Waals surface area contributed by atoms with Gasteiger partial charge in [-0.25, -0.2) is 0 Å². The van der Waals surface area contributed by atoms with Gasteiger partial charge in [0, 0.05) is 18.8 Å². The molecule has 0 N–H and O–H groups in total. The van der Waals surface area contributed by atoms with Crippen molar-refractivity contribution in [3.63, 3.8) is 0 Å². The van der Waals surface area contributed by atoms with E-state index in [4.69, 9.17) is 27.9 Å². The number of ether oxygens (including phenoxy) is 1.